The van der Waals surface area contributed by atoms with Crippen LogP contribution in [0.15, 0.2) is 30.7 Å². The van der Waals surface area contributed by atoms with Gasteiger partial charge in [-0.3, -0.25) is 0 Å². The van der Waals surface area contributed by atoms with Crippen molar-refractivity contribution < 1.29 is 9.53 Å². The molecule has 2 rings (SSSR count). The lowest BCUT2D eigenvalue weighted by molar-refractivity contribution is 0.0536. The Bertz CT molecular complexity index is 701. The summed E-state index contributed by atoms with van der Waals surface area (Å²) in [6.07, 6.45) is 2.86. The first kappa shape index (κ1) is 17.7. The van der Waals surface area contributed by atoms with Gasteiger partial charge < -0.3 is 4.74 Å². The summed E-state index contributed by atoms with van der Waals surface area (Å²) in [5, 5.41) is 0.825. The number of aromatic nitrogens is 2. The molecule has 4 nitrogen and oxygen atoms in total. The van der Waals surface area contributed by atoms with Crippen LogP contribution in [-0.4, -0.2) is 21.2 Å². The number of ether oxygens (including phenoxy) is 1. The SMILES string of the molecule is Cc1c(CBr)cccc1[C@H](C)c1cn(C(=O)OC(C)(C)C)cn1. The second-order valence-corrected chi connectivity index (χ2v) is 7.23. The number of benzene rings is 1. The van der Waals surface area contributed by atoms with Gasteiger partial charge in [0.1, 0.15) is 11.9 Å². The summed E-state index contributed by atoms with van der Waals surface area (Å²) in [4.78, 5) is 16.5. The number of nitrogens with zero attached hydrogens (tertiary/aromatic N) is 2. The fourth-order valence-corrected chi connectivity index (χ4v) is 3.06. The molecule has 2 aromatic rings. The van der Waals surface area contributed by atoms with Gasteiger partial charge in [-0.2, -0.15) is 0 Å². The predicted molar refractivity (Wildman–Crippen MR) is 95.2 cm³/mol. The third kappa shape index (κ3) is 4.22. The van der Waals surface area contributed by atoms with Crippen LogP contribution < -0.4 is 0 Å². The first-order valence-corrected chi connectivity index (χ1v) is 8.76. The van der Waals surface area contributed by atoms with Crippen LogP contribution in [0.3, 0.4) is 0 Å². The number of alkyl halides is 1. The Morgan fingerprint density at radius 2 is 2.09 bits per heavy atom. The Balaban J connectivity index is 2.25. The third-order valence-corrected chi connectivity index (χ3v) is 4.35. The third-order valence-electron chi connectivity index (χ3n) is 3.75. The standard InChI is InChI=1S/C18H23BrN2O2/c1-12-14(9-19)7-6-8-15(12)13(2)16-10-21(11-20-16)17(22)23-18(3,4)5/h6-8,10-11,13H,9H2,1-5H3/t13-/m0/s1. The molecule has 124 valence electrons. The molecule has 0 aliphatic rings. The van der Waals surface area contributed by atoms with Gasteiger partial charge in [0.15, 0.2) is 0 Å². The summed E-state index contributed by atoms with van der Waals surface area (Å²) in [6.45, 7) is 9.76. The molecule has 0 saturated heterocycles. The first-order valence-electron chi connectivity index (χ1n) is 7.64. The van der Waals surface area contributed by atoms with Crippen molar-refractivity contribution in [1.29, 1.82) is 0 Å². The average molecular weight is 379 g/mol. The van der Waals surface area contributed by atoms with Gasteiger partial charge in [0, 0.05) is 17.4 Å². The maximum absolute atomic E-state index is 12.1. The van der Waals surface area contributed by atoms with Crippen LogP contribution in [0.5, 0.6) is 0 Å². The van der Waals surface area contributed by atoms with Crippen molar-refractivity contribution in [2.45, 2.75) is 51.5 Å². The topological polar surface area (TPSA) is 44.1 Å². The summed E-state index contributed by atoms with van der Waals surface area (Å²) in [7, 11) is 0. The molecule has 0 saturated carbocycles. The number of carbonyl (C=O) groups excluding carboxylic acids is 1. The van der Waals surface area contributed by atoms with Gasteiger partial charge in [-0.25, -0.2) is 14.3 Å². The van der Waals surface area contributed by atoms with Gasteiger partial charge in [-0.1, -0.05) is 41.1 Å². The van der Waals surface area contributed by atoms with Crippen LogP contribution >= 0.6 is 15.9 Å². The number of carbonyl (C=O) groups is 1. The van der Waals surface area contributed by atoms with Gasteiger partial charge in [-0.15, -0.1) is 0 Å². The number of hydrogen-bond donors (Lipinski definition) is 0. The number of hydrogen-bond acceptors (Lipinski definition) is 3. The van der Waals surface area contributed by atoms with Crippen molar-refractivity contribution in [2.75, 3.05) is 0 Å². The lowest BCUT2D eigenvalue weighted by atomic mass is 9.92. The minimum atomic E-state index is -0.520. The fraction of sp³-hybridized carbons (Fsp3) is 0.444. The summed E-state index contributed by atoms with van der Waals surface area (Å²) in [5.41, 5.74) is 4.07. The smallest absolute Gasteiger partial charge is 0.419 e. The zero-order chi connectivity index (χ0) is 17.2. The van der Waals surface area contributed by atoms with E-state index in [0.717, 1.165) is 11.0 Å². The van der Waals surface area contributed by atoms with Crippen molar-refractivity contribution in [3.05, 3.63) is 53.1 Å². The number of halogens is 1. The highest BCUT2D eigenvalue weighted by atomic mass is 79.9. The number of imidazole rings is 1. The highest BCUT2D eigenvalue weighted by molar-refractivity contribution is 9.08. The molecule has 0 unspecified atom stereocenters. The van der Waals surface area contributed by atoms with Gasteiger partial charge in [0.2, 0.25) is 0 Å². The number of rotatable bonds is 3. The molecule has 1 atom stereocenters. The summed E-state index contributed by atoms with van der Waals surface area (Å²) >= 11 is 3.52. The van der Waals surface area contributed by atoms with Gasteiger partial charge in [-0.05, 0) is 44.4 Å². The fourth-order valence-electron chi connectivity index (χ4n) is 2.45. The summed E-state index contributed by atoms with van der Waals surface area (Å²) in [5.74, 6) is 0.109. The van der Waals surface area contributed by atoms with Gasteiger partial charge in [0.05, 0.1) is 5.69 Å². The maximum Gasteiger partial charge on any atom is 0.419 e. The van der Waals surface area contributed by atoms with Crippen LogP contribution in [0.4, 0.5) is 4.79 Å². The molecule has 0 bridgehead atoms. The molecule has 0 spiro atoms. The lowest BCUT2D eigenvalue weighted by Crippen LogP contribution is -2.26. The molecule has 0 fully saturated rings. The Hall–Kier alpha value is -1.62. The molecule has 23 heavy (non-hydrogen) atoms. The van der Waals surface area contributed by atoms with Crippen molar-refractivity contribution in [3.63, 3.8) is 0 Å². The molecule has 1 aromatic heterocycles. The van der Waals surface area contributed by atoms with E-state index in [4.69, 9.17) is 4.74 Å². The Labute approximate surface area is 146 Å². The van der Waals surface area contributed by atoms with Crippen molar-refractivity contribution >= 4 is 22.0 Å². The second kappa shape index (κ2) is 6.87. The summed E-state index contributed by atoms with van der Waals surface area (Å²) in [6, 6.07) is 6.28. The van der Waals surface area contributed by atoms with E-state index >= 15 is 0 Å². The Kier molecular flexibility index (Phi) is 5.30. The molecule has 0 radical (unpaired) electrons. The largest absolute Gasteiger partial charge is 0.443 e. The van der Waals surface area contributed by atoms with Crippen molar-refractivity contribution in [2.24, 2.45) is 0 Å². The molecular formula is C18H23BrN2O2. The molecule has 0 aliphatic carbocycles. The lowest BCUT2D eigenvalue weighted by Gasteiger charge is -2.19. The Morgan fingerprint density at radius 1 is 1.39 bits per heavy atom. The maximum atomic E-state index is 12.1. The average Bonchev–Trinajstić information content (AvgIpc) is 2.95. The van der Waals surface area contributed by atoms with Crippen LogP contribution in [0.1, 0.15) is 56.0 Å². The zero-order valence-electron chi connectivity index (χ0n) is 14.3. The van der Waals surface area contributed by atoms with E-state index < -0.39 is 11.7 Å². The molecule has 0 aliphatic heterocycles. The first-order chi connectivity index (χ1) is 10.7. The van der Waals surface area contributed by atoms with Crippen LogP contribution in [0, 0.1) is 6.92 Å². The van der Waals surface area contributed by atoms with Gasteiger partial charge >= 0.3 is 6.09 Å². The molecule has 5 heteroatoms. The van der Waals surface area contributed by atoms with Crippen LogP contribution in [0.2, 0.25) is 0 Å². The highest BCUT2D eigenvalue weighted by Crippen LogP contribution is 2.28. The normalized spacial score (nSPS) is 13.0. The second-order valence-electron chi connectivity index (χ2n) is 6.67. The monoisotopic (exact) mass is 378 g/mol. The van der Waals surface area contributed by atoms with E-state index in [1.165, 1.54) is 27.6 Å². The van der Waals surface area contributed by atoms with E-state index in [-0.39, 0.29) is 5.92 Å². The van der Waals surface area contributed by atoms with Crippen molar-refractivity contribution in [3.8, 4) is 0 Å². The Morgan fingerprint density at radius 3 is 2.70 bits per heavy atom. The quantitative estimate of drug-likeness (QED) is 0.704. The molecular weight excluding hydrogens is 356 g/mol. The van der Waals surface area contributed by atoms with E-state index in [1.54, 1.807) is 6.20 Å². The molecule has 0 N–H and O–H groups in total. The van der Waals surface area contributed by atoms with E-state index in [9.17, 15) is 4.79 Å². The van der Waals surface area contributed by atoms with Crippen molar-refractivity contribution in [1.82, 2.24) is 9.55 Å². The van der Waals surface area contributed by atoms with E-state index in [0.29, 0.717) is 0 Å². The molecule has 1 aromatic carbocycles. The molecule has 0 amide bonds. The minimum Gasteiger partial charge on any atom is -0.443 e. The van der Waals surface area contributed by atoms with E-state index in [1.807, 2.05) is 20.8 Å². The predicted octanol–water partition coefficient (Wildman–Crippen LogP) is 5.02. The summed E-state index contributed by atoms with van der Waals surface area (Å²) < 4.78 is 6.76. The van der Waals surface area contributed by atoms with Gasteiger partial charge in [0.25, 0.3) is 0 Å². The highest BCUT2D eigenvalue weighted by Gasteiger charge is 2.20. The molecule has 1 heterocycles. The van der Waals surface area contributed by atoms with Crippen LogP contribution in [0.25, 0.3) is 0 Å². The zero-order valence-corrected chi connectivity index (χ0v) is 15.8. The van der Waals surface area contributed by atoms with Crippen LogP contribution in [-0.2, 0) is 10.1 Å². The minimum absolute atomic E-state index is 0.109. The van der Waals surface area contributed by atoms with E-state index in [2.05, 4.69) is 53.0 Å².